The Kier molecular flexibility index (Phi) is 5.43. The van der Waals surface area contributed by atoms with Crippen LogP contribution in [0.1, 0.15) is 11.1 Å². The molecule has 1 N–H and O–H groups in total. The summed E-state index contributed by atoms with van der Waals surface area (Å²) in [5.74, 6) is -0.515. The first kappa shape index (κ1) is 21.4. The summed E-state index contributed by atoms with van der Waals surface area (Å²) in [4.78, 5) is 17.7. The van der Waals surface area contributed by atoms with Gasteiger partial charge in [0.2, 0.25) is 0 Å². The number of nitrogens with one attached hydrogen (secondary N) is 1. The molecule has 4 nitrogen and oxygen atoms in total. The summed E-state index contributed by atoms with van der Waals surface area (Å²) in [6.07, 6.45) is 4.01. The number of carbonyl (C=O) groups is 1. The monoisotopic (exact) mass is 477 g/mol. The number of aromatic nitrogens is 1. The number of halogens is 1. The Morgan fingerprint density at radius 1 is 0.886 bits per heavy atom. The van der Waals surface area contributed by atoms with Crippen molar-refractivity contribution in [2.45, 2.75) is 6.54 Å². The zero-order valence-corrected chi connectivity index (χ0v) is 19.4. The van der Waals surface area contributed by atoms with E-state index in [-0.39, 0.29) is 11.7 Å². The summed E-state index contributed by atoms with van der Waals surface area (Å²) in [6.45, 7) is 0.724. The second-order valence-electron chi connectivity index (χ2n) is 8.33. The van der Waals surface area contributed by atoms with Crippen molar-refractivity contribution < 1.29 is 9.18 Å². The number of aliphatic imine (C=N–C) groups is 1. The second-order valence-corrected chi connectivity index (χ2v) is 9.36. The third kappa shape index (κ3) is 4.24. The van der Waals surface area contributed by atoms with Crippen LogP contribution in [0.5, 0.6) is 0 Å². The standard InChI is InChI=1S/C29H20FN3OS/c30-22-12-14-23(15-13-22)31-29-32-28(34)27(35-29)16-21-18-33(26-11-4-3-10-25(21)26)17-20-8-5-7-19-6-1-2-9-24(19)20/h1-16,18H,17H2,(H,31,32,34). The van der Waals surface area contributed by atoms with Crippen LogP contribution in [-0.2, 0) is 11.3 Å². The van der Waals surface area contributed by atoms with Crippen molar-refractivity contribution in [2.24, 2.45) is 4.99 Å². The lowest BCUT2D eigenvalue weighted by molar-refractivity contribution is -0.115. The number of carbonyl (C=O) groups excluding carboxylic acids is 1. The molecule has 5 aromatic rings. The van der Waals surface area contributed by atoms with Crippen molar-refractivity contribution in [1.29, 1.82) is 0 Å². The Balaban J connectivity index is 1.35. The molecule has 1 amide bonds. The highest BCUT2D eigenvalue weighted by molar-refractivity contribution is 8.18. The molecule has 170 valence electrons. The lowest BCUT2D eigenvalue weighted by Crippen LogP contribution is -2.19. The van der Waals surface area contributed by atoms with E-state index in [1.54, 1.807) is 12.1 Å². The van der Waals surface area contributed by atoms with Gasteiger partial charge in [-0.2, -0.15) is 0 Å². The van der Waals surface area contributed by atoms with E-state index in [0.717, 1.165) is 23.0 Å². The Hall–Kier alpha value is -4.16. The first-order chi connectivity index (χ1) is 17.1. The van der Waals surface area contributed by atoms with Gasteiger partial charge in [-0.1, -0.05) is 60.7 Å². The van der Waals surface area contributed by atoms with Gasteiger partial charge in [-0.25, -0.2) is 9.38 Å². The smallest absolute Gasteiger partial charge is 0.264 e. The zero-order valence-electron chi connectivity index (χ0n) is 18.6. The molecule has 2 heterocycles. The topological polar surface area (TPSA) is 46.4 Å². The molecule has 1 aromatic heterocycles. The highest BCUT2D eigenvalue weighted by Gasteiger charge is 2.24. The van der Waals surface area contributed by atoms with E-state index in [2.05, 4.69) is 75.7 Å². The average molecular weight is 478 g/mol. The Labute approximate surface area is 205 Å². The van der Waals surface area contributed by atoms with E-state index < -0.39 is 0 Å². The van der Waals surface area contributed by atoms with Gasteiger partial charge in [0, 0.05) is 29.2 Å². The van der Waals surface area contributed by atoms with Gasteiger partial charge in [0.15, 0.2) is 5.17 Å². The van der Waals surface area contributed by atoms with Crippen LogP contribution in [-0.4, -0.2) is 15.6 Å². The van der Waals surface area contributed by atoms with Crippen LogP contribution in [0.3, 0.4) is 0 Å². The fraction of sp³-hybridized carbons (Fsp3) is 0.0345. The number of fused-ring (bicyclic) bond motifs is 2. The molecule has 6 rings (SSSR count). The van der Waals surface area contributed by atoms with Gasteiger partial charge in [0.05, 0.1) is 10.6 Å². The first-order valence-corrected chi connectivity index (χ1v) is 12.1. The van der Waals surface area contributed by atoms with E-state index in [4.69, 9.17) is 0 Å². The molecule has 0 aliphatic carbocycles. The largest absolute Gasteiger partial charge is 0.342 e. The molecule has 4 aromatic carbocycles. The van der Waals surface area contributed by atoms with Gasteiger partial charge in [0.25, 0.3) is 5.91 Å². The molecule has 35 heavy (non-hydrogen) atoms. The summed E-state index contributed by atoms with van der Waals surface area (Å²) in [5, 5.41) is 6.82. The van der Waals surface area contributed by atoms with E-state index in [1.807, 2.05) is 18.2 Å². The maximum absolute atomic E-state index is 13.2. The van der Waals surface area contributed by atoms with E-state index in [1.165, 1.54) is 40.2 Å². The summed E-state index contributed by atoms with van der Waals surface area (Å²) in [6, 6.07) is 28.9. The summed E-state index contributed by atoms with van der Waals surface area (Å²) in [5.41, 5.74) is 3.91. The van der Waals surface area contributed by atoms with Gasteiger partial charge in [-0.05, 0) is 64.5 Å². The van der Waals surface area contributed by atoms with E-state index in [0.29, 0.717) is 15.8 Å². The second kappa shape index (κ2) is 8.89. The number of hydrogen-bond donors (Lipinski definition) is 1. The van der Waals surface area contributed by atoms with Crippen molar-refractivity contribution in [3.8, 4) is 0 Å². The maximum Gasteiger partial charge on any atom is 0.264 e. The lowest BCUT2D eigenvalue weighted by Gasteiger charge is -2.09. The highest BCUT2D eigenvalue weighted by atomic mass is 32.2. The van der Waals surface area contributed by atoms with Crippen LogP contribution in [0.15, 0.2) is 107 Å². The molecule has 0 saturated carbocycles. The average Bonchev–Trinajstić information content (AvgIpc) is 3.40. The molecule has 0 atom stereocenters. The molecule has 6 heteroatoms. The number of nitrogens with zero attached hydrogens (tertiary/aromatic N) is 2. The molecule has 1 aliphatic heterocycles. The van der Waals surface area contributed by atoms with Gasteiger partial charge < -0.3 is 9.88 Å². The number of benzene rings is 4. The Morgan fingerprint density at radius 2 is 1.63 bits per heavy atom. The molecule has 0 radical (unpaired) electrons. The van der Waals surface area contributed by atoms with Crippen LogP contribution in [0, 0.1) is 5.82 Å². The zero-order chi connectivity index (χ0) is 23.8. The molecular formula is C29H20FN3OS. The number of amidine groups is 1. The predicted molar refractivity (Wildman–Crippen MR) is 142 cm³/mol. The fourth-order valence-corrected chi connectivity index (χ4v) is 5.22. The van der Waals surface area contributed by atoms with Crippen molar-refractivity contribution in [1.82, 2.24) is 9.88 Å². The summed E-state index contributed by atoms with van der Waals surface area (Å²) in [7, 11) is 0. The molecule has 0 unspecified atom stereocenters. The quantitative estimate of drug-likeness (QED) is 0.287. The van der Waals surface area contributed by atoms with Crippen molar-refractivity contribution in [2.75, 3.05) is 0 Å². The predicted octanol–water partition coefficient (Wildman–Crippen LogP) is 6.87. The Morgan fingerprint density at radius 3 is 2.49 bits per heavy atom. The molecule has 1 saturated heterocycles. The van der Waals surface area contributed by atoms with Gasteiger partial charge in [-0.15, -0.1) is 0 Å². The summed E-state index contributed by atoms with van der Waals surface area (Å²) >= 11 is 1.28. The Bertz CT molecular complexity index is 1650. The molecule has 0 spiro atoms. The van der Waals surface area contributed by atoms with E-state index >= 15 is 0 Å². The minimum Gasteiger partial charge on any atom is -0.342 e. The van der Waals surface area contributed by atoms with Crippen LogP contribution in [0.2, 0.25) is 0 Å². The maximum atomic E-state index is 13.2. The van der Waals surface area contributed by atoms with Crippen LogP contribution in [0.4, 0.5) is 10.1 Å². The summed E-state index contributed by atoms with van der Waals surface area (Å²) < 4.78 is 15.4. The molecule has 1 fully saturated rings. The van der Waals surface area contributed by atoms with Crippen molar-refractivity contribution in [3.05, 3.63) is 119 Å². The molecule has 1 aliphatic rings. The van der Waals surface area contributed by atoms with Crippen LogP contribution >= 0.6 is 11.8 Å². The minimum atomic E-state index is -0.322. The SMILES string of the molecule is O=C1NC(=Nc2ccc(F)cc2)SC1=Cc1cn(Cc2cccc3ccccc23)c2ccccc12. The number of para-hydroxylation sites is 1. The third-order valence-electron chi connectivity index (χ3n) is 6.03. The minimum absolute atomic E-state index is 0.193. The van der Waals surface area contributed by atoms with Crippen molar-refractivity contribution >= 4 is 56.3 Å². The van der Waals surface area contributed by atoms with Crippen LogP contribution < -0.4 is 5.32 Å². The first-order valence-electron chi connectivity index (χ1n) is 11.2. The molecule has 0 bridgehead atoms. The number of hydrogen-bond acceptors (Lipinski definition) is 3. The normalized spacial score (nSPS) is 16.0. The van der Waals surface area contributed by atoms with Gasteiger partial charge in [-0.3, -0.25) is 4.79 Å². The number of rotatable bonds is 4. The highest BCUT2D eigenvalue weighted by Crippen LogP contribution is 2.32. The van der Waals surface area contributed by atoms with Gasteiger partial charge >= 0.3 is 0 Å². The van der Waals surface area contributed by atoms with Gasteiger partial charge in [0.1, 0.15) is 5.82 Å². The van der Waals surface area contributed by atoms with Crippen LogP contribution in [0.25, 0.3) is 27.8 Å². The van der Waals surface area contributed by atoms with E-state index in [9.17, 15) is 9.18 Å². The fourth-order valence-electron chi connectivity index (χ4n) is 4.39. The number of thioether (sulfide) groups is 1. The number of amides is 1. The third-order valence-corrected chi connectivity index (χ3v) is 6.94. The van der Waals surface area contributed by atoms with Crippen molar-refractivity contribution in [3.63, 3.8) is 0 Å². The molecular weight excluding hydrogens is 457 g/mol. The lowest BCUT2D eigenvalue weighted by atomic mass is 10.0.